The smallest absolute Gasteiger partial charge is 0.254 e. The van der Waals surface area contributed by atoms with Crippen molar-refractivity contribution in [1.82, 2.24) is 19.7 Å². The molecule has 1 unspecified atom stereocenters. The Labute approximate surface area is 227 Å². The third-order valence-electron chi connectivity index (χ3n) is 7.68. The quantitative estimate of drug-likeness (QED) is 0.377. The van der Waals surface area contributed by atoms with E-state index >= 15 is 0 Å². The van der Waals surface area contributed by atoms with Crippen molar-refractivity contribution in [2.75, 3.05) is 49.7 Å². The number of benzene rings is 2. The van der Waals surface area contributed by atoms with E-state index in [2.05, 4.69) is 17.0 Å². The lowest BCUT2D eigenvalue weighted by Crippen LogP contribution is -2.48. The normalized spacial score (nSPS) is 19.0. The maximum atomic E-state index is 14.1. The zero-order valence-electron chi connectivity index (χ0n) is 22.1. The molecular formula is C29H31N5O4S. The van der Waals surface area contributed by atoms with Gasteiger partial charge in [-0.2, -0.15) is 5.10 Å². The van der Waals surface area contributed by atoms with Crippen LogP contribution < -0.4 is 9.64 Å². The van der Waals surface area contributed by atoms with Crippen LogP contribution >= 0.6 is 0 Å². The molecule has 2 aliphatic heterocycles. The number of aromatic nitrogens is 3. The maximum Gasteiger partial charge on any atom is 0.254 e. The lowest BCUT2D eigenvalue weighted by molar-refractivity contribution is 0.0748. The Bertz CT molecular complexity index is 1640. The van der Waals surface area contributed by atoms with Gasteiger partial charge in [-0.05, 0) is 43.7 Å². The molecule has 6 rings (SSSR count). The van der Waals surface area contributed by atoms with Gasteiger partial charge in [0, 0.05) is 37.4 Å². The highest BCUT2D eigenvalue weighted by Crippen LogP contribution is 2.33. The molecule has 202 valence electrons. The van der Waals surface area contributed by atoms with Crippen LogP contribution in [0.1, 0.15) is 28.5 Å². The summed E-state index contributed by atoms with van der Waals surface area (Å²) in [5.41, 5.74) is 4.33. The standard InChI is InChI=1S/C29H31N5O4S/c1-20-27-25(29(35)33-14-12-32(13-15-33)22-8-4-3-5-9-22)18-26(21-7-6-10-24(17-21)38-2)30-28(27)34(31-20)23-11-16-39(36,37)19-23/h3-10,17-18,23H,11-16,19H2,1-2H3. The summed E-state index contributed by atoms with van der Waals surface area (Å²) in [6, 6.07) is 19.3. The van der Waals surface area contributed by atoms with Gasteiger partial charge in [-0.15, -0.1) is 0 Å². The number of nitrogens with zero attached hydrogens (tertiary/aromatic N) is 5. The van der Waals surface area contributed by atoms with Crippen molar-refractivity contribution < 1.29 is 17.9 Å². The summed E-state index contributed by atoms with van der Waals surface area (Å²) in [5.74, 6) is 0.774. The van der Waals surface area contributed by atoms with Crippen LogP contribution in [0.25, 0.3) is 22.3 Å². The van der Waals surface area contributed by atoms with Gasteiger partial charge in [0.05, 0.1) is 47.0 Å². The van der Waals surface area contributed by atoms with Crippen LogP contribution in [0.4, 0.5) is 5.69 Å². The van der Waals surface area contributed by atoms with Gasteiger partial charge in [0.15, 0.2) is 15.5 Å². The minimum atomic E-state index is -3.13. The summed E-state index contributed by atoms with van der Waals surface area (Å²) in [4.78, 5) is 23.2. The van der Waals surface area contributed by atoms with Crippen molar-refractivity contribution in [1.29, 1.82) is 0 Å². The first-order chi connectivity index (χ1) is 18.8. The molecule has 4 aromatic rings. The molecule has 2 saturated heterocycles. The fourth-order valence-corrected chi connectivity index (χ4v) is 7.30. The number of rotatable bonds is 5. The van der Waals surface area contributed by atoms with E-state index in [9.17, 15) is 13.2 Å². The first-order valence-corrected chi connectivity index (χ1v) is 15.0. The highest BCUT2D eigenvalue weighted by Gasteiger charge is 2.33. The van der Waals surface area contributed by atoms with Crippen molar-refractivity contribution in [2.24, 2.45) is 0 Å². The Morgan fingerprint density at radius 1 is 1.00 bits per heavy atom. The monoisotopic (exact) mass is 545 g/mol. The van der Waals surface area contributed by atoms with Gasteiger partial charge < -0.3 is 14.5 Å². The Hall–Kier alpha value is -3.92. The summed E-state index contributed by atoms with van der Waals surface area (Å²) in [5, 5.41) is 5.41. The van der Waals surface area contributed by atoms with Crippen LogP contribution in [0.5, 0.6) is 5.75 Å². The topological polar surface area (TPSA) is 97.6 Å². The minimum absolute atomic E-state index is 0.0268. The molecular weight excluding hydrogens is 514 g/mol. The molecule has 39 heavy (non-hydrogen) atoms. The molecule has 0 aliphatic carbocycles. The lowest BCUT2D eigenvalue weighted by Gasteiger charge is -2.36. The highest BCUT2D eigenvalue weighted by molar-refractivity contribution is 7.91. The molecule has 0 radical (unpaired) electrons. The average molecular weight is 546 g/mol. The number of anilines is 1. The molecule has 0 N–H and O–H groups in total. The molecule has 2 aromatic carbocycles. The summed E-state index contributed by atoms with van der Waals surface area (Å²) >= 11 is 0. The molecule has 0 bridgehead atoms. The number of carbonyl (C=O) groups excluding carboxylic acids is 1. The molecule has 0 saturated carbocycles. The molecule has 4 heterocycles. The number of fused-ring (bicyclic) bond motifs is 1. The second kappa shape index (κ2) is 10.00. The van der Waals surface area contributed by atoms with Gasteiger partial charge in [0.1, 0.15) is 5.75 Å². The van der Waals surface area contributed by atoms with Gasteiger partial charge >= 0.3 is 0 Å². The van der Waals surface area contributed by atoms with E-state index in [0.29, 0.717) is 53.2 Å². The number of amides is 1. The van der Waals surface area contributed by atoms with Gasteiger partial charge in [0.25, 0.3) is 5.91 Å². The first kappa shape index (κ1) is 25.4. The van der Waals surface area contributed by atoms with Crippen LogP contribution in [-0.2, 0) is 9.84 Å². The second-order valence-electron chi connectivity index (χ2n) is 10.2. The van der Waals surface area contributed by atoms with Gasteiger partial charge in [-0.3, -0.25) is 4.79 Å². The van der Waals surface area contributed by atoms with Crippen molar-refractivity contribution in [3.05, 3.63) is 71.9 Å². The summed E-state index contributed by atoms with van der Waals surface area (Å²) in [6.45, 7) is 4.54. The summed E-state index contributed by atoms with van der Waals surface area (Å²) in [6.07, 6.45) is 0.481. The van der Waals surface area contributed by atoms with Gasteiger partial charge in [0.2, 0.25) is 0 Å². The van der Waals surface area contributed by atoms with Crippen LogP contribution in [-0.4, -0.2) is 78.8 Å². The molecule has 2 aromatic heterocycles. The van der Waals surface area contributed by atoms with Crippen molar-refractivity contribution in [3.63, 3.8) is 0 Å². The number of para-hydroxylation sites is 1. The third-order valence-corrected chi connectivity index (χ3v) is 9.43. The van der Waals surface area contributed by atoms with Crippen molar-refractivity contribution in [3.8, 4) is 17.0 Å². The first-order valence-electron chi connectivity index (χ1n) is 13.2. The number of hydrogen-bond donors (Lipinski definition) is 0. The molecule has 1 amide bonds. The predicted molar refractivity (Wildman–Crippen MR) is 151 cm³/mol. The fourth-order valence-electron chi connectivity index (χ4n) is 5.61. The Kier molecular flexibility index (Phi) is 6.50. The average Bonchev–Trinajstić information content (AvgIpc) is 3.51. The van der Waals surface area contributed by atoms with Crippen molar-refractivity contribution in [2.45, 2.75) is 19.4 Å². The zero-order valence-corrected chi connectivity index (χ0v) is 22.9. The Morgan fingerprint density at radius 3 is 2.46 bits per heavy atom. The fraction of sp³-hybridized carbons (Fsp3) is 0.345. The Balaban J connectivity index is 1.41. The number of hydrogen-bond acceptors (Lipinski definition) is 7. The van der Waals surface area contributed by atoms with Crippen molar-refractivity contribution >= 4 is 32.5 Å². The molecule has 2 fully saturated rings. The Morgan fingerprint density at radius 2 is 1.77 bits per heavy atom. The molecule has 1 atom stereocenters. The maximum absolute atomic E-state index is 14.1. The zero-order chi connectivity index (χ0) is 27.1. The van der Waals surface area contributed by atoms with E-state index in [1.165, 1.54) is 0 Å². The number of sulfone groups is 1. The summed E-state index contributed by atoms with van der Waals surface area (Å²) < 4.78 is 31.7. The van der Waals surface area contributed by atoms with E-state index in [4.69, 9.17) is 14.8 Å². The lowest BCUT2D eigenvalue weighted by atomic mass is 10.0. The largest absolute Gasteiger partial charge is 0.497 e. The number of ether oxygens (including phenoxy) is 1. The molecule has 10 heteroatoms. The second-order valence-corrected chi connectivity index (χ2v) is 12.4. The number of carbonyl (C=O) groups is 1. The number of methoxy groups -OCH3 is 1. The molecule has 0 spiro atoms. The molecule has 9 nitrogen and oxygen atoms in total. The third kappa shape index (κ3) is 4.85. The van der Waals surface area contributed by atoms with E-state index < -0.39 is 9.84 Å². The van der Waals surface area contributed by atoms with Gasteiger partial charge in [-0.1, -0.05) is 30.3 Å². The summed E-state index contributed by atoms with van der Waals surface area (Å²) in [7, 11) is -1.52. The van der Waals surface area contributed by atoms with E-state index in [0.717, 1.165) is 24.3 Å². The predicted octanol–water partition coefficient (Wildman–Crippen LogP) is 3.74. The van der Waals surface area contributed by atoms with Crippen LogP contribution in [0.15, 0.2) is 60.7 Å². The van der Waals surface area contributed by atoms with Crippen LogP contribution in [0, 0.1) is 6.92 Å². The number of piperazine rings is 1. The number of pyridine rings is 1. The number of aryl methyl sites for hydroxylation is 1. The SMILES string of the molecule is COc1cccc(-c2cc(C(=O)N3CCN(c4ccccc4)CC3)c3c(C)nn(C4CCS(=O)(=O)C4)c3n2)c1. The highest BCUT2D eigenvalue weighted by atomic mass is 32.2. The van der Waals surface area contributed by atoms with E-state index in [1.807, 2.05) is 60.4 Å². The van der Waals surface area contributed by atoms with Crippen LogP contribution in [0.3, 0.4) is 0 Å². The minimum Gasteiger partial charge on any atom is -0.497 e. The van der Waals surface area contributed by atoms with Crippen LogP contribution in [0.2, 0.25) is 0 Å². The molecule has 2 aliphatic rings. The van der Waals surface area contributed by atoms with Gasteiger partial charge in [-0.25, -0.2) is 18.1 Å². The van der Waals surface area contributed by atoms with E-state index in [1.54, 1.807) is 11.8 Å². The van der Waals surface area contributed by atoms with E-state index in [-0.39, 0.29) is 23.5 Å².